The second-order valence-corrected chi connectivity index (χ2v) is 9.60. The molecule has 0 unspecified atom stereocenters. The highest BCUT2D eigenvalue weighted by molar-refractivity contribution is 7.99. The van der Waals surface area contributed by atoms with Crippen molar-refractivity contribution in [3.8, 4) is 5.69 Å². The van der Waals surface area contributed by atoms with Crippen LogP contribution >= 0.6 is 11.8 Å². The molecule has 0 atom stereocenters. The number of carbonyl (C=O) groups excluding carboxylic acids is 1. The van der Waals surface area contributed by atoms with Crippen LogP contribution in [0.25, 0.3) is 5.69 Å². The summed E-state index contributed by atoms with van der Waals surface area (Å²) in [7, 11) is 0. The number of aromatic nitrogens is 3. The minimum atomic E-state index is 0.183. The lowest BCUT2D eigenvalue weighted by atomic mass is 9.95. The second kappa shape index (κ2) is 11.3. The van der Waals surface area contributed by atoms with Gasteiger partial charge in [-0.15, -0.1) is 10.2 Å². The van der Waals surface area contributed by atoms with Gasteiger partial charge >= 0.3 is 0 Å². The first kappa shape index (κ1) is 22.6. The Hall–Kier alpha value is -2.60. The van der Waals surface area contributed by atoms with Gasteiger partial charge < -0.3 is 5.32 Å². The molecule has 0 spiro atoms. The standard InChI is InChI=1S/C26H32N4OS/c1-20-11-8-9-16-23(20)30-24(19-21-12-4-2-5-13-21)28-29-26(30)32-18-10-17-25(31)27-22-14-6-3-7-15-22/h2,4-5,8-9,11-13,16,22H,3,6-7,10,14-15,17-19H2,1H3,(H,27,31). The maximum Gasteiger partial charge on any atom is 0.220 e. The van der Waals surface area contributed by atoms with Gasteiger partial charge in [-0.2, -0.15) is 0 Å². The van der Waals surface area contributed by atoms with Gasteiger partial charge in [0.25, 0.3) is 0 Å². The monoisotopic (exact) mass is 448 g/mol. The van der Waals surface area contributed by atoms with Crippen LogP contribution < -0.4 is 5.32 Å². The Morgan fingerprint density at radius 2 is 1.78 bits per heavy atom. The summed E-state index contributed by atoms with van der Waals surface area (Å²) in [6, 6.07) is 19.1. The smallest absolute Gasteiger partial charge is 0.220 e. The molecule has 0 radical (unpaired) electrons. The molecule has 168 valence electrons. The summed E-state index contributed by atoms with van der Waals surface area (Å²) in [5.74, 6) is 1.96. The zero-order valence-electron chi connectivity index (χ0n) is 18.8. The van der Waals surface area contributed by atoms with Gasteiger partial charge in [0, 0.05) is 24.6 Å². The quantitative estimate of drug-likeness (QED) is 0.347. The molecular formula is C26H32N4OS. The molecule has 1 fully saturated rings. The van der Waals surface area contributed by atoms with Crippen LogP contribution in [0.5, 0.6) is 0 Å². The van der Waals surface area contributed by atoms with E-state index in [4.69, 9.17) is 0 Å². The zero-order valence-corrected chi connectivity index (χ0v) is 19.6. The molecule has 1 N–H and O–H groups in total. The number of nitrogens with one attached hydrogen (secondary N) is 1. The highest BCUT2D eigenvalue weighted by Crippen LogP contribution is 2.26. The van der Waals surface area contributed by atoms with Crippen molar-refractivity contribution in [2.24, 2.45) is 0 Å². The van der Waals surface area contributed by atoms with E-state index < -0.39 is 0 Å². The van der Waals surface area contributed by atoms with E-state index in [0.29, 0.717) is 12.5 Å². The minimum absolute atomic E-state index is 0.183. The van der Waals surface area contributed by atoms with E-state index >= 15 is 0 Å². The Balaban J connectivity index is 1.40. The maximum absolute atomic E-state index is 12.3. The van der Waals surface area contributed by atoms with Gasteiger partial charge in [-0.3, -0.25) is 9.36 Å². The van der Waals surface area contributed by atoms with Gasteiger partial charge in [-0.1, -0.05) is 79.6 Å². The molecule has 4 rings (SSSR count). The number of amides is 1. The molecule has 0 saturated heterocycles. The normalized spacial score (nSPS) is 14.4. The lowest BCUT2D eigenvalue weighted by Crippen LogP contribution is -2.36. The number of carbonyl (C=O) groups is 1. The number of aryl methyl sites for hydroxylation is 1. The van der Waals surface area contributed by atoms with Crippen LogP contribution in [0.2, 0.25) is 0 Å². The van der Waals surface area contributed by atoms with E-state index in [2.05, 4.69) is 75.5 Å². The van der Waals surface area contributed by atoms with Gasteiger partial charge in [-0.25, -0.2) is 0 Å². The third-order valence-electron chi connectivity index (χ3n) is 6.01. The third kappa shape index (κ3) is 6.00. The van der Waals surface area contributed by atoms with E-state index in [1.807, 2.05) is 6.07 Å². The number of nitrogens with zero attached hydrogens (tertiary/aromatic N) is 3. The fraction of sp³-hybridized carbons (Fsp3) is 0.423. The van der Waals surface area contributed by atoms with Crippen LogP contribution in [0.15, 0.2) is 59.8 Å². The molecule has 5 nitrogen and oxygen atoms in total. The van der Waals surface area contributed by atoms with Gasteiger partial charge in [0.1, 0.15) is 5.82 Å². The lowest BCUT2D eigenvalue weighted by Gasteiger charge is -2.22. The molecule has 1 aliphatic rings. The van der Waals surface area contributed by atoms with E-state index in [9.17, 15) is 4.79 Å². The largest absolute Gasteiger partial charge is 0.353 e. The molecule has 32 heavy (non-hydrogen) atoms. The fourth-order valence-corrected chi connectivity index (χ4v) is 5.19. The lowest BCUT2D eigenvalue weighted by molar-refractivity contribution is -0.122. The minimum Gasteiger partial charge on any atom is -0.353 e. The Bertz CT molecular complexity index is 1010. The van der Waals surface area contributed by atoms with E-state index in [1.165, 1.54) is 30.4 Å². The summed E-state index contributed by atoms with van der Waals surface area (Å²) >= 11 is 1.68. The molecule has 1 saturated carbocycles. The van der Waals surface area contributed by atoms with Crippen molar-refractivity contribution in [2.45, 2.75) is 69.5 Å². The van der Waals surface area contributed by atoms with Crippen LogP contribution in [0.1, 0.15) is 61.9 Å². The van der Waals surface area contributed by atoms with Crippen LogP contribution in [-0.2, 0) is 11.2 Å². The van der Waals surface area contributed by atoms with Crippen molar-refractivity contribution in [1.82, 2.24) is 20.1 Å². The molecule has 1 amide bonds. The SMILES string of the molecule is Cc1ccccc1-n1c(Cc2ccccc2)nnc1SCCCC(=O)NC1CCCCC1. The third-order valence-corrected chi connectivity index (χ3v) is 7.03. The van der Waals surface area contributed by atoms with Crippen molar-refractivity contribution in [1.29, 1.82) is 0 Å². The maximum atomic E-state index is 12.3. The Labute approximate surface area is 195 Å². The summed E-state index contributed by atoms with van der Waals surface area (Å²) in [4.78, 5) is 12.3. The van der Waals surface area contributed by atoms with Crippen LogP contribution in [0, 0.1) is 6.92 Å². The molecule has 6 heteroatoms. The summed E-state index contributed by atoms with van der Waals surface area (Å²) in [6.07, 6.45) is 8.16. The number of para-hydroxylation sites is 1. The predicted octanol–water partition coefficient (Wildman–Crippen LogP) is 5.49. The van der Waals surface area contributed by atoms with Gasteiger partial charge in [0.2, 0.25) is 5.91 Å². The van der Waals surface area contributed by atoms with Crippen molar-refractivity contribution in [3.63, 3.8) is 0 Å². The van der Waals surface area contributed by atoms with Crippen molar-refractivity contribution in [2.75, 3.05) is 5.75 Å². The molecular weight excluding hydrogens is 416 g/mol. The number of hydrogen-bond acceptors (Lipinski definition) is 4. The first-order valence-corrected chi connectivity index (χ1v) is 12.7. The summed E-state index contributed by atoms with van der Waals surface area (Å²) in [5.41, 5.74) is 3.52. The predicted molar refractivity (Wildman–Crippen MR) is 130 cm³/mol. The van der Waals surface area contributed by atoms with Crippen LogP contribution in [0.3, 0.4) is 0 Å². The zero-order chi connectivity index (χ0) is 22.2. The average molecular weight is 449 g/mol. The number of hydrogen-bond donors (Lipinski definition) is 1. The molecule has 1 heterocycles. The molecule has 0 bridgehead atoms. The second-order valence-electron chi connectivity index (χ2n) is 8.54. The van der Waals surface area contributed by atoms with E-state index in [-0.39, 0.29) is 5.91 Å². The van der Waals surface area contributed by atoms with Crippen molar-refractivity contribution in [3.05, 3.63) is 71.5 Å². The topological polar surface area (TPSA) is 59.8 Å². The summed E-state index contributed by atoms with van der Waals surface area (Å²) in [5, 5.41) is 13.1. The van der Waals surface area contributed by atoms with Crippen LogP contribution in [0.4, 0.5) is 0 Å². The Morgan fingerprint density at radius 3 is 2.56 bits per heavy atom. The van der Waals surface area contributed by atoms with Gasteiger partial charge in [0.05, 0.1) is 5.69 Å². The van der Waals surface area contributed by atoms with Gasteiger partial charge in [-0.05, 0) is 43.4 Å². The first-order valence-electron chi connectivity index (χ1n) is 11.7. The van der Waals surface area contributed by atoms with E-state index in [1.54, 1.807) is 11.8 Å². The van der Waals surface area contributed by atoms with Crippen molar-refractivity contribution < 1.29 is 4.79 Å². The number of rotatable bonds is 9. The van der Waals surface area contributed by atoms with E-state index in [0.717, 1.165) is 48.1 Å². The molecule has 3 aromatic rings. The van der Waals surface area contributed by atoms with Crippen LogP contribution in [-0.4, -0.2) is 32.5 Å². The number of thioether (sulfide) groups is 1. The highest BCUT2D eigenvalue weighted by Gasteiger charge is 2.18. The Kier molecular flexibility index (Phi) is 7.99. The number of benzene rings is 2. The summed E-state index contributed by atoms with van der Waals surface area (Å²) < 4.78 is 2.18. The molecule has 0 aliphatic heterocycles. The summed E-state index contributed by atoms with van der Waals surface area (Å²) in [6.45, 7) is 2.12. The van der Waals surface area contributed by atoms with Crippen molar-refractivity contribution >= 4 is 17.7 Å². The molecule has 2 aromatic carbocycles. The highest BCUT2D eigenvalue weighted by atomic mass is 32.2. The average Bonchev–Trinajstić information content (AvgIpc) is 3.20. The fourth-order valence-electron chi connectivity index (χ4n) is 4.29. The molecule has 1 aliphatic carbocycles. The Morgan fingerprint density at radius 1 is 1.03 bits per heavy atom. The first-order chi connectivity index (χ1) is 15.7. The molecule has 1 aromatic heterocycles. The van der Waals surface area contributed by atoms with Gasteiger partial charge in [0.15, 0.2) is 5.16 Å².